The summed E-state index contributed by atoms with van der Waals surface area (Å²) in [7, 11) is 5.44. The number of hydrogen-bond acceptors (Lipinski definition) is 2. The molecule has 1 aliphatic heterocycles. The van der Waals surface area contributed by atoms with Crippen LogP contribution in [0.4, 0.5) is 0 Å². The number of rotatable bonds is 1. The molecule has 0 unspecified atom stereocenters. The van der Waals surface area contributed by atoms with Crippen molar-refractivity contribution in [1.82, 2.24) is 9.71 Å². The van der Waals surface area contributed by atoms with Crippen molar-refractivity contribution in [3.8, 4) is 0 Å². The summed E-state index contributed by atoms with van der Waals surface area (Å²) in [6, 6.07) is 0. The third-order valence-corrected chi connectivity index (χ3v) is 1.50. The summed E-state index contributed by atoms with van der Waals surface area (Å²) in [6.07, 6.45) is 0.868. The minimum Gasteiger partial charge on any atom is -0.351 e. The molecule has 0 aromatic carbocycles. The first-order valence-corrected chi connectivity index (χ1v) is 3.02. The van der Waals surface area contributed by atoms with Gasteiger partial charge >= 0.3 is 0 Å². The first kappa shape index (κ1) is 6.61. The topological polar surface area (TPSA) is 23.6 Å². The molecule has 3 nitrogen and oxygen atoms in total. The Labute approximate surface area is 56.0 Å². The van der Waals surface area contributed by atoms with Crippen LogP contribution in [0.2, 0.25) is 0 Å². The maximum atomic E-state index is 10.1. The summed E-state index contributed by atoms with van der Waals surface area (Å²) in [5.74, 6) is 0. The molecule has 1 saturated heterocycles. The average molecular weight is 124 g/mol. The summed E-state index contributed by atoms with van der Waals surface area (Å²) in [5.41, 5.74) is 0. The summed E-state index contributed by atoms with van der Waals surface area (Å²) in [4.78, 5) is 13.6. The highest BCUT2D eigenvalue weighted by atomic mass is 16.1. The first-order chi connectivity index (χ1) is 4.33. The summed E-state index contributed by atoms with van der Waals surface area (Å²) in [6.45, 7) is 3.11. The third kappa shape index (κ3) is 1.71. The van der Waals surface area contributed by atoms with Crippen LogP contribution in [0, 0.1) is 0 Å². The highest BCUT2D eigenvalue weighted by molar-refractivity contribution is 6.04. The molecule has 1 rings (SSSR count). The second-order valence-electron chi connectivity index (χ2n) is 2.18. The number of piperazine rings is 1. The zero-order chi connectivity index (χ0) is 6.69. The van der Waals surface area contributed by atoms with Gasteiger partial charge in [0.05, 0.1) is 0 Å². The predicted molar refractivity (Wildman–Crippen MR) is 35.0 cm³/mol. The quantitative estimate of drug-likeness (QED) is 0.325. The van der Waals surface area contributed by atoms with Crippen molar-refractivity contribution >= 4 is 14.4 Å². The van der Waals surface area contributed by atoms with Crippen molar-refractivity contribution in [3.05, 3.63) is 0 Å². The maximum Gasteiger partial charge on any atom is 0.209 e. The molecule has 0 bridgehead atoms. The van der Waals surface area contributed by atoms with Crippen LogP contribution in [-0.2, 0) is 4.79 Å². The van der Waals surface area contributed by atoms with Crippen LogP contribution in [0.3, 0.4) is 0 Å². The lowest BCUT2D eigenvalue weighted by molar-refractivity contribution is -0.119. The van der Waals surface area contributed by atoms with Gasteiger partial charge in [0.2, 0.25) is 6.41 Å². The number of carbonyl (C=O) groups excluding carboxylic acids is 1. The van der Waals surface area contributed by atoms with Crippen LogP contribution in [-0.4, -0.2) is 50.3 Å². The molecular weight excluding hydrogens is 115 g/mol. The van der Waals surface area contributed by atoms with Crippen molar-refractivity contribution in [2.75, 3.05) is 26.2 Å². The molecule has 1 aliphatic rings. The second kappa shape index (κ2) is 2.87. The Hall–Kier alpha value is -0.505. The molecule has 0 saturated carbocycles. The highest BCUT2D eigenvalue weighted by Gasteiger charge is 2.09. The zero-order valence-electron chi connectivity index (χ0n) is 5.29. The molecule has 4 heteroatoms. The Bertz CT molecular complexity index is 101. The van der Waals surface area contributed by atoms with Crippen LogP contribution in [0.25, 0.3) is 0 Å². The number of hydrogen-bond donors (Lipinski definition) is 0. The van der Waals surface area contributed by atoms with Gasteiger partial charge in [0.15, 0.2) is 7.98 Å². The van der Waals surface area contributed by atoms with Crippen molar-refractivity contribution < 1.29 is 4.79 Å². The van der Waals surface area contributed by atoms with E-state index in [1.807, 2.05) is 0 Å². The van der Waals surface area contributed by atoms with Crippen LogP contribution in [0.1, 0.15) is 0 Å². The van der Waals surface area contributed by atoms with Crippen molar-refractivity contribution in [2.24, 2.45) is 0 Å². The third-order valence-electron chi connectivity index (χ3n) is 1.50. The molecule has 1 heterocycles. The van der Waals surface area contributed by atoms with Crippen LogP contribution in [0.15, 0.2) is 0 Å². The van der Waals surface area contributed by atoms with E-state index in [1.54, 1.807) is 9.71 Å². The van der Waals surface area contributed by atoms with Gasteiger partial charge < -0.3 is 9.71 Å². The lowest BCUT2D eigenvalue weighted by Crippen LogP contribution is -2.44. The number of amides is 1. The van der Waals surface area contributed by atoms with E-state index in [2.05, 4.69) is 0 Å². The fourth-order valence-electron chi connectivity index (χ4n) is 0.843. The lowest BCUT2D eigenvalue weighted by Gasteiger charge is -2.29. The maximum absolute atomic E-state index is 10.1. The van der Waals surface area contributed by atoms with Gasteiger partial charge in [-0.05, 0) is 0 Å². The Morgan fingerprint density at radius 2 is 1.78 bits per heavy atom. The fraction of sp³-hybridized carbons (Fsp3) is 0.800. The van der Waals surface area contributed by atoms with Crippen molar-refractivity contribution in [2.45, 2.75) is 0 Å². The second-order valence-corrected chi connectivity index (χ2v) is 2.18. The molecule has 9 heavy (non-hydrogen) atoms. The van der Waals surface area contributed by atoms with Gasteiger partial charge in [0.25, 0.3) is 0 Å². The zero-order valence-corrected chi connectivity index (χ0v) is 5.29. The monoisotopic (exact) mass is 124 g/mol. The lowest BCUT2D eigenvalue weighted by atomic mass is 10.2. The van der Waals surface area contributed by atoms with Crippen molar-refractivity contribution in [3.63, 3.8) is 0 Å². The van der Waals surface area contributed by atoms with E-state index in [0.717, 1.165) is 32.6 Å². The van der Waals surface area contributed by atoms with E-state index in [1.165, 1.54) is 0 Å². The number of nitrogens with zero attached hydrogens (tertiary/aromatic N) is 2. The molecular formula is C5H9BN2O. The van der Waals surface area contributed by atoms with Gasteiger partial charge in [-0.3, -0.25) is 4.79 Å². The normalized spacial score (nSPS) is 22.0. The molecule has 0 aromatic heterocycles. The summed E-state index contributed by atoms with van der Waals surface area (Å²) >= 11 is 0. The number of carbonyl (C=O) groups is 1. The smallest absolute Gasteiger partial charge is 0.209 e. The Kier molecular flexibility index (Phi) is 2.11. The molecule has 0 spiro atoms. The van der Waals surface area contributed by atoms with E-state index in [0.29, 0.717) is 0 Å². The molecule has 48 valence electrons. The summed E-state index contributed by atoms with van der Waals surface area (Å²) in [5, 5.41) is 0. The minimum absolute atomic E-state index is 0.764. The Morgan fingerprint density at radius 3 is 2.22 bits per heavy atom. The van der Waals surface area contributed by atoms with Crippen LogP contribution >= 0.6 is 0 Å². The molecule has 1 fully saturated rings. The largest absolute Gasteiger partial charge is 0.351 e. The van der Waals surface area contributed by atoms with Gasteiger partial charge in [0, 0.05) is 26.2 Å². The van der Waals surface area contributed by atoms with Gasteiger partial charge in [-0.2, -0.15) is 0 Å². The molecule has 0 atom stereocenters. The van der Waals surface area contributed by atoms with E-state index in [4.69, 9.17) is 7.98 Å². The fourth-order valence-corrected chi connectivity index (χ4v) is 0.843. The van der Waals surface area contributed by atoms with E-state index in [9.17, 15) is 4.79 Å². The highest BCUT2D eigenvalue weighted by Crippen LogP contribution is 1.93. The van der Waals surface area contributed by atoms with E-state index < -0.39 is 0 Å². The summed E-state index contributed by atoms with van der Waals surface area (Å²) < 4.78 is 0. The minimum atomic E-state index is 0.764. The molecule has 0 N–H and O–H groups in total. The van der Waals surface area contributed by atoms with Crippen LogP contribution in [0.5, 0.6) is 0 Å². The molecule has 0 aliphatic carbocycles. The van der Waals surface area contributed by atoms with Gasteiger partial charge in [-0.1, -0.05) is 0 Å². The van der Waals surface area contributed by atoms with Gasteiger partial charge in [-0.15, -0.1) is 0 Å². The Morgan fingerprint density at radius 1 is 1.22 bits per heavy atom. The Balaban J connectivity index is 2.26. The van der Waals surface area contributed by atoms with Crippen LogP contribution < -0.4 is 0 Å². The van der Waals surface area contributed by atoms with Crippen molar-refractivity contribution in [1.29, 1.82) is 0 Å². The van der Waals surface area contributed by atoms with E-state index >= 15 is 0 Å². The first-order valence-electron chi connectivity index (χ1n) is 3.02. The van der Waals surface area contributed by atoms with E-state index in [-0.39, 0.29) is 0 Å². The molecule has 2 radical (unpaired) electrons. The molecule has 0 aromatic rings. The molecule has 1 amide bonds. The SMILES string of the molecule is [B]N1CCN(C=O)CC1. The van der Waals surface area contributed by atoms with Gasteiger partial charge in [0.1, 0.15) is 0 Å². The predicted octanol–water partition coefficient (Wildman–Crippen LogP) is -1.16. The van der Waals surface area contributed by atoms with Gasteiger partial charge in [-0.25, -0.2) is 0 Å². The standard InChI is InChI=1S/C5H9BN2O/c6-8-3-1-7(5-9)2-4-8/h5H,1-4H2. The average Bonchev–Trinajstić information content (AvgIpc) is 1.90.